The summed E-state index contributed by atoms with van der Waals surface area (Å²) in [5.41, 5.74) is 0. The first kappa shape index (κ1) is 9.98. The summed E-state index contributed by atoms with van der Waals surface area (Å²) in [5.74, 6) is 3.21. The lowest BCUT2D eigenvalue weighted by molar-refractivity contribution is 0.363. The van der Waals surface area contributed by atoms with E-state index in [1.54, 1.807) is 11.8 Å². The third-order valence-corrected chi connectivity index (χ3v) is 2.74. The fourth-order valence-corrected chi connectivity index (χ4v) is 1.63. The van der Waals surface area contributed by atoms with Crippen molar-refractivity contribution in [1.29, 1.82) is 0 Å². The molecule has 0 amide bonds. The molecule has 14 heavy (non-hydrogen) atoms. The van der Waals surface area contributed by atoms with Crippen LogP contribution in [0.3, 0.4) is 0 Å². The van der Waals surface area contributed by atoms with E-state index in [2.05, 4.69) is 15.5 Å². The van der Waals surface area contributed by atoms with Crippen LogP contribution in [0.1, 0.15) is 24.6 Å². The lowest BCUT2D eigenvalue weighted by Crippen LogP contribution is -2.16. The molecular weight excluding hydrogens is 198 g/mol. The Hall–Kier alpha value is -0.550. The van der Waals surface area contributed by atoms with Gasteiger partial charge in [-0.25, -0.2) is 0 Å². The van der Waals surface area contributed by atoms with Crippen LogP contribution in [0.2, 0.25) is 0 Å². The zero-order valence-electron chi connectivity index (χ0n) is 8.32. The molecule has 1 aliphatic carbocycles. The molecule has 1 aromatic rings. The summed E-state index contributed by atoms with van der Waals surface area (Å²) >= 11 is 1.70. The van der Waals surface area contributed by atoms with Gasteiger partial charge in [-0.05, 0) is 31.6 Å². The van der Waals surface area contributed by atoms with Crippen molar-refractivity contribution < 1.29 is 4.52 Å². The van der Waals surface area contributed by atoms with E-state index in [4.69, 9.17) is 4.52 Å². The second-order valence-corrected chi connectivity index (χ2v) is 4.48. The van der Waals surface area contributed by atoms with Crippen molar-refractivity contribution >= 4 is 11.8 Å². The first-order chi connectivity index (χ1) is 6.88. The maximum atomic E-state index is 5.08. The molecule has 1 saturated carbocycles. The van der Waals surface area contributed by atoms with Crippen LogP contribution in [-0.4, -0.2) is 22.9 Å². The molecule has 0 spiro atoms. The summed E-state index contributed by atoms with van der Waals surface area (Å²) in [6.45, 7) is 1.79. The predicted octanol–water partition coefficient (Wildman–Crippen LogP) is 1.43. The molecule has 0 aliphatic heterocycles. The van der Waals surface area contributed by atoms with Crippen molar-refractivity contribution in [3.8, 4) is 0 Å². The molecule has 0 bridgehead atoms. The number of thioether (sulfide) groups is 1. The summed E-state index contributed by atoms with van der Waals surface area (Å²) in [4.78, 5) is 4.26. The van der Waals surface area contributed by atoms with Crippen molar-refractivity contribution in [2.45, 2.75) is 25.1 Å². The van der Waals surface area contributed by atoms with Gasteiger partial charge in [0.1, 0.15) is 0 Å². The van der Waals surface area contributed by atoms with E-state index in [0.29, 0.717) is 12.4 Å². The summed E-state index contributed by atoms with van der Waals surface area (Å²) in [7, 11) is 0. The highest BCUT2D eigenvalue weighted by atomic mass is 32.2. The zero-order valence-corrected chi connectivity index (χ0v) is 9.14. The first-order valence-electron chi connectivity index (χ1n) is 4.89. The highest BCUT2D eigenvalue weighted by molar-refractivity contribution is 7.97. The van der Waals surface area contributed by atoms with E-state index in [0.717, 1.165) is 24.0 Å². The van der Waals surface area contributed by atoms with Crippen LogP contribution in [0.4, 0.5) is 0 Å². The molecule has 0 saturated heterocycles. The molecule has 78 valence electrons. The van der Waals surface area contributed by atoms with E-state index in [1.807, 2.05) is 6.26 Å². The molecule has 1 N–H and O–H groups in total. The van der Waals surface area contributed by atoms with Gasteiger partial charge < -0.3 is 9.84 Å². The smallest absolute Gasteiger partial charge is 0.240 e. The van der Waals surface area contributed by atoms with Crippen LogP contribution in [-0.2, 0) is 12.3 Å². The van der Waals surface area contributed by atoms with Crippen LogP contribution in [0, 0.1) is 5.92 Å². The van der Waals surface area contributed by atoms with Crippen molar-refractivity contribution in [3.63, 3.8) is 0 Å². The van der Waals surface area contributed by atoms with Crippen LogP contribution < -0.4 is 5.32 Å². The maximum absolute atomic E-state index is 5.08. The Kier molecular flexibility index (Phi) is 3.42. The Morgan fingerprint density at radius 1 is 1.57 bits per heavy atom. The van der Waals surface area contributed by atoms with Gasteiger partial charge in [-0.1, -0.05) is 5.16 Å². The molecule has 0 aromatic carbocycles. The fraction of sp³-hybridized carbons (Fsp3) is 0.778. The zero-order chi connectivity index (χ0) is 9.80. The minimum Gasteiger partial charge on any atom is -0.338 e. The number of nitrogens with zero attached hydrogens (tertiary/aromatic N) is 2. The lowest BCUT2D eigenvalue weighted by Gasteiger charge is -1.96. The molecule has 1 aliphatic rings. The second kappa shape index (κ2) is 4.79. The monoisotopic (exact) mass is 213 g/mol. The third kappa shape index (κ3) is 2.99. The van der Waals surface area contributed by atoms with Crippen molar-refractivity contribution in [1.82, 2.24) is 15.5 Å². The highest BCUT2D eigenvalue weighted by Gasteiger charge is 2.20. The van der Waals surface area contributed by atoms with Gasteiger partial charge in [0.25, 0.3) is 0 Å². The van der Waals surface area contributed by atoms with Crippen LogP contribution in [0.5, 0.6) is 0 Å². The van der Waals surface area contributed by atoms with Gasteiger partial charge in [0.15, 0.2) is 5.82 Å². The standard InChI is InChI=1S/C9H15N3OS/c1-14-6-8-11-9(13-12-8)5-10-4-7-2-3-7/h7,10H,2-6H2,1H3. The van der Waals surface area contributed by atoms with Gasteiger partial charge in [-0.2, -0.15) is 16.7 Å². The summed E-state index contributed by atoms with van der Waals surface area (Å²) in [6.07, 6.45) is 4.77. The Morgan fingerprint density at radius 2 is 2.43 bits per heavy atom. The summed E-state index contributed by atoms with van der Waals surface area (Å²) in [6, 6.07) is 0. The average molecular weight is 213 g/mol. The Labute approximate surface area is 87.8 Å². The number of hydrogen-bond donors (Lipinski definition) is 1. The van der Waals surface area contributed by atoms with Gasteiger partial charge >= 0.3 is 0 Å². The number of nitrogens with one attached hydrogen (secondary N) is 1. The van der Waals surface area contributed by atoms with E-state index in [-0.39, 0.29) is 0 Å². The van der Waals surface area contributed by atoms with Gasteiger partial charge in [-0.3, -0.25) is 0 Å². The fourth-order valence-electron chi connectivity index (χ4n) is 1.25. The van der Waals surface area contributed by atoms with Crippen LogP contribution in [0.25, 0.3) is 0 Å². The normalized spacial score (nSPS) is 16.1. The molecule has 1 aromatic heterocycles. The molecule has 1 heterocycles. The van der Waals surface area contributed by atoms with E-state index in [9.17, 15) is 0 Å². The van der Waals surface area contributed by atoms with Crippen molar-refractivity contribution in [2.75, 3.05) is 12.8 Å². The Bertz CT molecular complexity index is 285. The molecule has 0 atom stereocenters. The molecule has 1 fully saturated rings. The highest BCUT2D eigenvalue weighted by Crippen LogP contribution is 2.27. The van der Waals surface area contributed by atoms with Crippen molar-refractivity contribution in [3.05, 3.63) is 11.7 Å². The lowest BCUT2D eigenvalue weighted by atomic mass is 10.4. The molecule has 5 heteroatoms. The number of rotatable bonds is 6. The first-order valence-corrected chi connectivity index (χ1v) is 6.29. The van der Waals surface area contributed by atoms with Gasteiger partial charge in [0.2, 0.25) is 5.89 Å². The molecule has 0 unspecified atom stereocenters. The quantitative estimate of drug-likeness (QED) is 0.774. The second-order valence-electron chi connectivity index (χ2n) is 3.61. The maximum Gasteiger partial charge on any atom is 0.240 e. The van der Waals surface area contributed by atoms with Gasteiger partial charge in [0.05, 0.1) is 12.3 Å². The summed E-state index contributed by atoms with van der Waals surface area (Å²) < 4.78 is 5.08. The van der Waals surface area contributed by atoms with Crippen LogP contribution >= 0.6 is 11.8 Å². The Morgan fingerprint density at radius 3 is 3.14 bits per heavy atom. The van der Waals surface area contributed by atoms with E-state index >= 15 is 0 Å². The van der Waals surface area contributed by atoms with Gasteiger partial charge in [-0.15, -0.1) is 0 Å². The molecular formula is C9H15N3OS. The third-order valence-electron chi connectivity index (χ3n) is 2.19. The Balaban J connectivity index is 1.71. The summed E-state index contributed by atoms with van der Waals surface area (Å²) in [5, 5.41) is 7.19. The molecule has 2 rings (SSSR count). The molecule has 4 nitrogen and oxygen atoms in total. The van der Waals surface area contributed by atoms with Gasteiger partial charge in [0, 0.05) is 0 Å². The van der Waals surface area contributed by atoms with E-state index < -0.39 is 0 Å². The van der Waals surface area contributed by atoms with Crippen molar-refractivity contribution in [2.24, 2.45) is 5.92 Å². The largest absolute Gasteiger partial charge is 0.338 e. The predicted molar refractivity (Wildman–Crippen MR) is 55.9 cm³/mol. The minimum absolute atomic E-state index is 0.703. The number of aromatic nitrogens is 2. The number of hydrogen-bond acceptors (Lipinski definition) is 5. The van der Waals surface area contributed by atoms with E-state index in [1.165, 1.54) is 12.8 Å². The topological polar surface area (TPSA) is 51.0 Å². The molecule has 0 radical (unpaired) electrons. The SMILES string of the molecule is CSCc1noc(CNCC2CC2)n1. The minimum atomic E-state index is 0.703. The van der Waals surface area contributed by atoms with Crippen LogP contribution in [0.15, 0.2) is 4.52 Å². The average Bonchev–Trinajstić information content (AvgIpc) is 2.88.